The molecule has 0 spiro atoms. The Hall–Kier alpha value is -3.40. The molecule has 2 aromatic heterocycles. The zero-order valence-electron chi connectivity index (χ0n) is 16.1. The third kappa shape index (κ3) is 2.45. The first-order valence-electron chi connectivity index (χ1n) is 9.44. The van der Waals surface area contributed by atoms with Crippen LogP contribution < -0.4 is 5.32 Å². The number of nitrogens with one attached hydrogen (secondary N) is 2. The van der Waals surface area contributed by atoms with Gasteiger partial charge in [0.25, 0.3) is 5.91 Å². The lowest BCUT2D eigenvalue weighted by Gasteiger charge is -2.19. The Kier molecular flexibility index (Phi) is 3.47. The fourth-order valence-electron chi connectivity index (χ4n) is 4.13. The van der Waals surface area contributed by atoms with Crippen LogP contribution in [0, 0.1) is 6.92 Å². The summed E-state index contributed by atoms with van der Waals surface area (Å²) in [6.07, 6.45) is 3.91. The number of aromatic nitrogens is 2. The van der Waals surface area contributed by atoms with Crippen LogP contribution in [0.5, 0.6) is 0 Å². The molecule has 4 aromatic rings. The second-order valence-corrected chi connectivity index (χ2v) is 7.98. The number of aromatic amines is 1. The van der Waals surface area contributed by atoms with E-state index in [0.29, 0.717) is 0 Å². The molecule has 3 heterocycles. The van der Waals surface area contributed by atoms with E-state index in [1.54, 1.807) is 0 Å². The zero-order chi connectivity index (χ0) is 19.5. The summed E-state index contributed by atoms with van der Waals surface area (Å²) < 4.78 is 0. The molecular formula is C24H21N3O. The number of aryl methyl sites for hydroxylation is 1. The van der Waals surface area contributed by atoms with E-state index in [1.165, 1.54) is 11.1 Å². The minimum Gasteiger partial charge on any atom is -0.346 e. The predicted octanol–water partition coefficient (Wildman–Crippen LogP) is 5.18. The van der Waals surface area contributed by atoms with Crippen molar-refractivity contribution in [3.05, 3.63) is 77.6 Å². The molecule has 5 rings (SSSR count). The molecule has 0 bridgehead atoms. The van der Waals surface area contributed by atoms with Crippen molar-refractivity contribution in [3.8, 4) is 22.3 Å². The third-order valence-corrected chi connectivity index (χ3v) is 5.66. The molecule has 0 saturated heterocycles. The van der Waals surface area contributed by atoms with Gasteiger partial charge in [-0.25, -0.2) is 4.98 Å². The van der Waals surface area contributed by atoms with Crippen molar-refractivity contribution < 1.29 is 4.79 Å². The van der Waals surface area contributed by atoms with Crippen molar-refractivity contribution in [3.63, 3.8) is 0 Å². The van der Waals surface area contributed by atoms with Gasteiger partial charge in [0.1, 0.15) is 5.65 Å². The summed E-state index contributed by atoms with van der Waals surface area (Å²) in [5.74, 6) is -0.00557. The normalized spacial score (nSPS) is 14.9. The van der Waals surface area contributed by atoms with E-state index in [2.05, 4.69) is 52.5 Å². The van der Waals surface area contributed by atoms with Gasteiger partial charge in [0.2, 0.25) is 0 Å². The molecule has 2 N–H and O–H groups in total. The fourth-order valence-corrected chi connectivity index (χ4v) is 4.13. The number of pyridine rings is 1. The van der Waals surface area contributed by atoms with Crippen molar-refractivity contribution in [2.75, 3.05) is 0 Å². The van der Waals surface area contributed by atoms with Gasteiger partial charge in [-0.2, -0.15) is 0 Å². The van der Waals surface area contributed by atoms with E-state index >= 15 is 0 Å². The van der Waals surface area contributed by atoms with Gasteiger partial charge in [-0.3, -0.25) is 4.79 Å². The van der Waals surface area contributed by atoms with Gasteiger partial charge in [0.15, 0.2) is 0 Å². The number of carbonyl (C=O) groups is 1. The fraction of sp³-hybridized carbons (Fsp3) is 0.167. The Morgan fingerprint density at radius 3 is 2.57 bits per heavy atom. The average Bonchev–Trinajstić information content (AvgIpc) is 3.20. The summed E-state index contributed by atoms with van der Waals surface area (Å²) in [5, 5.41) is 4.13. The highest BCUT2D eigenvalue weighted by molar-refractivity contribution is 6.02. The Balaban J connectivity index is 1.68. The molecule has 0 saturated carbocycles. The van der Waals surface area contributed by atoms with Crippen LogP contribution in [-0.2, 0) is 5.54 Å². The number of H-pyrrole nitrogens is 1. The molecule has 0 radical (unpaired) electrons. The second-order valence-electron chi connectivity index (χ2n) is 7.98. The topological polar surface area (TPSA) is 57.8 Å². The van der Waals surface area contributed by atoms with E-state index in [-0.39, 0.29) is 11.4 Å². The van der Waals surface area contributed by atoms with Crippen LogP contribution >= 0.6 is 0 Å². The summed E-state index contributed by atoms with van der Waals surface area (Å²) in [4.78, 5) is 20.1. The molecule has 4 heteroatoms. The highest BCUT2D eigenvalue weighted by Gasteiger charge is 2.35. The number of hydrogen-bond donors (Lipinski definition) is 2. The number of hydrogen-bond acceptors (Lipinski definition) is 2. The van der Waals surface area contributed by atoms with Crippen molar-refractivity contribution in [1.82, 2.24) is 15.3 Å². The summed E-state index contributed by atoms with van der Waals surface area (Å²) in [7, 11) is 0. The molecule has 138 valence electrons. The molecule has 0 atom stereocenters. The summed E-state index contributed by atoms with van der Waals surface area (Å²) in [6, 6.07) is 16.6. The Morgan fingerprint density at radius 2 is 1.75 bits per heavy atom. The smallest absolute Gasteiger partial charge is 0.252 e. The Morgan fingerprint density at radius 1 is 0.929 bits per heavy atom. The minimum absolute atomic E-state index is 0.00557. The SMILES string of the molecule is Cc1ccccc1-c1cnc2[nH]cc(-c3ccc4c(c3)C(C)(C)NC4=O)c2c1. The van der Waals surface area contributed by atoms with E-state index in [0.717, 1.165) is 38.9 Å². The summed E-state index contributed by atoms with van der Waals surface area (Å²) >= 11 is 0. The van der Waals surface area contributed by atoms with Crippen LogP contribution in [0.3, 0.4) is 0 Å². The number of amides is 1. The van der Waals surface area contributed by atoms with E-state index < -0.39 is 0 Å². The van der Waals surface area contributed by atoms with Gasteiger partial charge in [-0.1, -0.05) is 30.3 Å². The van der Waals surface area contributed by atoms with Crippen LogP contribution in [-0.4, -0.2) is 15.9 Å². The summed E-state index contributed by atoms with van der Waals surface area (Å²) in [6.45, 7) is 6.19. The average molecular weight is 367 g/mol. The molecule has 4 nitrogen and oxygen atoms in total. The molecular weight excluding hydrogens is 346 g/mol. The number of carbonyl (C=O) groups excluding carboxylic acids is 1. The zero-order valence-corrected chi connectivity index (χ0v) is 16.1. The van der Waals surface area contributed by atoms with Crippen LogP contribution in [0.2, 0.25) is 0 Å². The summed E-state index contributed by atoms with van der Waals surface area (Å²) in [5.41, 5.74) is 7.98. The maximum absolute atomic E-state index is 12.2. The minimum atomic E-state index is -0.362. The van der Waals surface area contributed by atoms with E-state index in [9.17, 15) is 4.79 Å². The molecule has 2 aromatic carbocycles. The first-order valence-corrected chi connectivity index (χ1v) is 9.44. The highest BCUT2D eigenvalue weighted by atomic mass is 16.2. The number of rotatable bonds is 2. The molecule has 1 aliphatic heterocycles. The monoisotopic (exact) mass is 367 g/mol. The molecule has 1 amide bonds. The molecule has 28 heavy (non-hydrogen) atoms. The standard InChI is InChI=1S/C24H21N3O/c1-14-6-4-5-7-17(14)16-10-19-20(13-26-22(19)25-12-16)15-8-9-18-21(11-15)24(2,3)27-23(18)28/h4-13H,1-3H3,(H,25,26)(H,27,28). The third-order valence-electron chi connectivity index (χ3n) is 5.66. The second kappa shape index (κ2) is 5.80. The van der Waals surface area contributed by atoms with Crippen LogP contribution in [0.4, 0.5) is 0 Å². The van der Waals surface area contributed by atoms with Crippen molar-refractivity contribution in [2.24, 2.45) is 0 Å². The molecule has 0 aliphatic carbocycles. The van der Waals surface area contributed by atoms with Gasteiger partial charge in [0.05, 0.1) is 5.54 Å². The van der Waals surface area contributed by atoms with Crippen molar-refractivity contribution in [1.29, 1.82) is 0 Å². The maximum Gasteiger partial charge on any atom is 0.252 e. The molecule has 0 fully saturated rings. The lowest BCUT2D eigenvalue weighted by atomic mass is 9.91. The first-order chi connectivity index (χ1) is 13.4. The Bertz CT molecular complexity index is 1250. The van der Waals surface area contributed by atoms with Gasteiger partial charge in [0, 0.05) is 34.5 Å². The first kappa shape index (κ1) is 16.8. The van der Waals surface area contributed by atoms with Crippen LogP contribution in [0.15, 0.2) is 60.9 Å². The van der Waals surface area contributed by atoms with Crippen molar-refractivity contribution >= 4 is 16.9 Å². The largest absolute Gasteiger partial charge is 0.346 e. The molecule has 1 aliphatic rings. The van der Waals surface area contributed by atoms with Gasteiger partial charge in [-0.15, -0.1) is 0 Å². The quantitative estimate of drug-likeness (QED) is 0.513. The Labute approximate surface area is 163 Å². The molecule has 0 unspecified atom stereocenters. The number of nitrogens with zero attached hydrogens (tertiary/aromatic N) is 1. The number of benzene rings is 2. The number of fused-ring (bicyclic) bond motifs is 2. The van der Waals surface area contributed by atoms with Crippen LogP contribution in [0.25, 0.3) is 33.3 Å². The van der Waals surface area contributed by atoms with E-state index in [1.807, 2.05) is 44.4 Å². The van der Waals surface area contributed by atoms with Gasteiger partial charge < -0.3 is 10.3 Å². The lowest BCUT2D eigenvalue weighted by Crippen LogP contribution is -2.32. The van der Waals surface area contributed by atoms with Gasteiger partial charge >= 0.3 is 0 Å². The highest BCUT2D eigenvalue weighted by Crippen LogP contribution is 2.37. The lowest BCUT2D eigenvalue weighted by molar-refractivity contribution is 0.0940. The van der Waals surface area contributed by atoms with Gasteiger partial charge in [-0.05, 0) is 61.2 Å². The van der Waals surface area contributed by atoms with Crippen molar-refractivity contribution in [2.45, 2.75) is 26.3 Å². The predicted molar refractivity (Wildman–Crippen MR) is 112 cm³/mol. The van der Waals surface area contributed by atoms with Crippen LogP contribution in [0.1, 0.15) is 35.3 Å². The van der Waals surface area contributed by atoms with E-state index in [4.69, 9.17) is 0 Å². The maximum atomic E-state index is 12.2.